The SMILES string of the molecule is CCCC[C@H](NC(=O)[C@@H]1CCCN1C(=O)[C@H](CCC(N)=O)NC(=O)CNC(=O)[C@@H]1CCCN1C(=O)[C@H](CCCCN)NC(=O)[C@H](CC(C)C)NC(=O)[C@H](CCC(N)=O)NC(=O)[C@@H](C)NC(=O)[C@H](Cc1c[nH]c2ccccc12)NC(=O)[C@H](Cc1c[nH]cn1)NC(=O)[C@@H](N)Cc1c[nH]c2ccccc12)C(=O)N[C@@H](Cc1ccc(O)cc1)C(=O)O. The predicted molar refractivity (Wildman–Crippen MR) is 428 cm³/mol. The summed E-state index contributed by atoms with van der Waals surface area (Å²) in [4.78, 5) is 224. The molecule has 0 radical (unpaired) electrons. The highest BCUT2D eigenvalue weighted by Gasteiger charge is 2.42. The number of aromatic nitrogens is 4. The average molecular weight is 1620 g/mol. The molecule has 117 heavy (non-hydrogen) atoms. The maximum Gasteiger partial charge on any atom is 0.326 e. The molecule has 3 aromatic heterocycles. The summed E-state index contributed by atoms with van der Waals surface area (Å²) in [5, 5.41) is 47.8. The average Bonchev–Trinajstić information content (AvgIpc) is 1.69. The Morgan fingerprint density at radius 2 is 1.02 bits per heavy atom. The Hall–Kier alpha value is -12.3. The van der Waals surface area contributed by atoms with Crippen molar-refractivity contribution in [3.05, 3.63) is 120 Å². The van der Waals surface area contributed by atoms with Crippen LogP contribution in [0.15, 0.2) is 97.7 Å². The zero-order chi connectivity index (χ0) is 85.0. The van der Waals surface area contributed by atoms with E-state index < -0.39 is 174 Å². The van der Waals surface area contributed by atoms with Crippen molar-refractivity contribution in [1.82, 2.24) is 82.9 Å². The van der Waals surface area contributed by atoms with Crippen molar-refractivity contribution < 1.29 is 82.1 Å². The molecule has 23 N–H and O–H groups in total. The standard InChI is InChI=1S/C80H110N20O17/c1-5-6-17-56(71(107)98-63(80(116)117)35-46-23-25-50(101)26-24-46)93-77(113)65-22-14-33-100(65)79(115)59(28-30-67(84)103)91-68(104)42-88-76(112)64-21-13-32-99(64)78(114)58(20-11-12-31-81)94-74(110)60(34-44(2)3)96-72(108)57(27-29-66(83)102)92-69(105)45(4)90-73(109)61(37-48-40-87-55-19-10-8-16-52(48)55)97-75(111)62(38-49-41-85-43-89-49)95-70(106)53(82)36-47-39-86-54-18-9-7-15-51(47)54/h7-10,15-16,18-19,23-26,39-41,43-45,53,56-65,86-87,101H,5-6,11-14,17,20-22,27-38,42,81-82H2,1-4H3,(H2,83,102)(H2,84,103)(H,85,89)(H,88,112)(H,90,109)(H,91,104)(H,92,105)(H,93,113)(H,94,110)(H,95,106)(H,96,108)(H,97,111)(H,98,107)(H,116,117)/t45-,53+,56+,57+,58+,59+,60+,61+,62+,63+,64+,65+/m1/s1. The Labute approximate surface area is 675 Å². The molecule has 0 saturated carbocycles. The van der Waals surface area contributed by atoms with E-state index in [1.165, 1.54) is 53.5 Å². The number of aliphatic carboxylic acids is 1. The molecule has 632 valence electrons. The van der Waals surface area contributed by atoms with Gasteiger partial charge < -0.3 is 111 Å². The first-order valence-electron chi connectivity index (χ1n) is 39.6. The van der Waals surface area contributed by atoms with Gasteiger partial charge in [-0.15, -0.1) is 0 Å². The van der Waals surface area contributed by atoms with Gasteiger partial charge in [-0.25, -0.2) is 9.78 Å². The molecule has 12 atom stereocenters. The molecule has 2 fully saturated rings. The van der Waals surface area contributed by atoms with E-state index in [4.69, 9.17) is 22.9 Å². The highest BCUT2D eigenvalue weighted by Crippen LogP contribution is 2.25. The van der Waals surface area contributed by atoms with Crippen molar-refractivity contribution in [2.75, 3.05) is 26.2 Å². The van der Waals surface area contributed by atoms with Crippen molar-refractivity contribution in [2.45, 2.75) is 222 Å². The molecular weight excluding hydrogens is 1510 g/mol. The van der Waals surface area contributed by atoms with E-state index in [0.29, 0.717) is 55.3 Å². The van der Waals surface area contributed by atoms with Crippen LogP contribution in [0, 0.1) is 5.92 Å². The minimum atomic E-state index is -1.57. The number of nitrogens with two attached hydrogens (primary N) is 4. The second-order valence-corrected chi connectivity index (χ2v) is 30.1. The first-order valence-corrected chi connectivity index (χ1v) is 39.6. The van der Waals surface area contributed by atoms with Crippen LogP contribution in [0.3, 0.4) is 0 Å². The summed E-state index contributed by atoms with van der Waals surface area (Å²) in [6.07, 6.45) is 7.31. The van der Waals surface area contributed by atoms with E-state index in [-0.39, 0.29) is 108 Å². The largest absolute Gasteiger partial charge is 0.508 e. The number of nitrogens with zero attached hydrogens (tertiary/aromatic N) is 3. The molecule has 6 aromatic rings. The number of primary amides is 2. The number of hydrogen-bond acceptors (Lipinski definition) is 19. The zero-order valence-electron chi connectivity index (χ0n) is 66.2. The summed E-state index contributed by atoms with van der Waals surface area (Å²) >= 11 is 0. The predicted octanol–water partition coefficient (Wildman–Crippen LogP) is -0.862. The van der Waals surface area contributed by atoms with Gasteiger partial charge >= 0.3 is 5.97 Å². The number of unbranched alkanes of at least 4 members (excludes halogenated alkanes) is 2. The fourth-order valence-electron chi connectivity index (χ4n) is 14.3. The van der Waals surface area contributed by atoms with Gasteiger partial charge in [-0.1, -0.05) is 82.1 Å². The number of para-hydroxylation sites is 2. The van der Waals surface area contributed by atoms with Crippen LogP contribution in [0.4, 0.5) is 0 Å². The number of aromatic amines is 3. The van der Waals surface area contributed by atoms with E-state index in [0.717, 1.165) is 27.4 Å². The van der Waals surface area contributed by atoms with Gasteiger partial charge in [0.15, 0.2) is 0 Å². The highest BCUT2D eigenvalue weighted by atomic mass is 16.4. The van der Waals surface area contributed by atoms with Gasteiger partial charge in [-0.3, -0.25) is 67.1 Å². The second-order valence-electron chi connectivity index (χ2n) is 30.1. The molecule has 0 aliphatic carbocycles. The monoisotopic (exact) mass is 1620 g/mol. The van der Waals surface area contributed by atoms with Crippen molar-refractivity contribution in [1.29, 1.82) is 0 Å². The summed E-state index contributed by atoms with van der Waals surface area (Å²) in [5.41, 5.74) is 27.2. The number of rotatable bonds is 46. The Balaban J connectivity index is 0.901. The number of carboxylic acids is 1. The van der Waals surface area contributed by atoms with Crippen LogP contribution < -0.4 is 76.1 Å². The fraction of sp³-hybridized carbons (Fsp3) is 0.500. The van der Waals surface area contributed by atoms with E-state index in [1.54, 1.807) is 32.3 Å². The molecule has 0 bridgehead atoms. The number of phenols is 1. The number of aromatic hydroxyl groups is 1. The number of carbonyl (C=O) groups excluding carboxylic acids is 14. The first-order chi connectivity index (χ1) is 55.9. The van der Waals surface area contributed by atoms with Gasteiger partial charge in [0.05, 0.1) is 24.6 Å². The number of amides is 14. The Morgan fingerprint density at radius 3 is 1.59 bits per heavy atom. The lowest BCUT2D eigenvalue weighted by Gasteiger charge is -2.31. The summed E-state index contributed by atoms with van der Waals surface area (Å²) < 4.78 is 0. The first kappa shape index (κ1) is 90.3. The Morgan fingerprint density at radius 1 is 0.521 bits per heavy atom. The van der Waals surface area contributed by atoms with Gasteiger partial charge in [0, 0.05) is 85.6 Å². The molecule has 2 saturated heterocycles. The molecule has 14 amide bonds. The third kappa shape index (κ3) is 26.6. The normalized spacial score (nSPS) is 16.5. The minimum absolute atomic E-state index is 0.0138. The molecule has 0 spiro atoms. The lowest BCUT2D eigenvalue weighted by Crippen LogP contribution is -2.60. The molecule has 8 rings (SSSR count). The number of carbonyl (C=O) groups is 15. The number of hydrogen-bond donors (Lipinski definition) is 19. The van der Waals surface area contributed by atoms with Crippen molar-refractivity contribution >= 4 is 110 Å². The smallest absolute Gasteiger partial charge is 0.326 e. The molecule has 0 unspecified atom stereocenters. The van der Waals surface area contributed by atoms with Crippen LogP contribution in [0.1, 0.15) is 146 Å². The molecular formula is C80H110N20O17. The summed E-state index contributed by atoms with van der Waals surface area (Å²) in [6, 6.07) is 4.44. The van der Waals surface area contributed by atoms with Crippen LogP contribution in [-0.2, 0) is 97.6 Å². The topological polar surface area (TPSA) is 588 Å². The van der Waals surface area contributed by atoms with Gasteiger partial charge in [0.2, 0.25) is 82.7 Å². The number of benzene rings is 3. The van der Waals surface area contributed by atoms with Crippen LogP contribution in [0.5, 0.6) is 5.75 Å². The van der Waals surface area contributed by atoms with Gasteiger partial charge in [-0.05, 0) is 137 Å². The number of imidazole rings is 1. The summed E-state index contributed by atoms with van der Waals surface area (Å²) in [6.45, 7) is 6.24. The minimum Gasteiger partial charge on any atom is -0.508 e. The second kappa shape index (κ2) is 44.0. The van der Waals surface area contributed by atoms with Crippen molar-refractivity contribution in [2.24, 2.45) is 28.9 Å². The third-order valence-electron chi connectivity index (χ3n) is 20.6. The van der Waals surface area contributed by atoms with E-state index >= 15 is 0 Å². The number of nitrogens with one attached hydrogen (secondary N) is 13. The van der Waals surface area contributed by atoms with Crippen molar-refractivity contribution in [3.63, 3.8) is 0 Å². The van der Waals surface area contributed by atoms with Crippen LogP contribution in [-0.4, -0.2) is 227 Å². The fourth-order valence-corrected chi connectivity index (χ4v) is 14.3. The Kier molecular flexibility index (Phi) is 33.9. The van der Waals surface area contributed by atoms with Gasteiger partial charge in [0.25, 0.3) is 0 Å². The van der Waals surface area contributed by atoms with Crippen LogP contribution in [0.2, 0.25) is 0 Å². The maximum atomic E-state index is 14.8. The maximum absolute atomic E-state index is 14.8. The molecule has 37 heteroatoms. The van der Waals surface area contributed by atoms with E-state index in [1.807, 2.05) is 49.4 Å². The number of phenolic OH excluding ortho intramolecular Hbond substituents is 1. The van der Waals surface area contributed by atoms with E-state index in [2.05, 4.69) is 73.1 Å². The molecule has 37 nitrogen and oxygen atoms in total. The molecule has 2 aliphatic heterocycles. The number of H-pyrrole nitrogens is 3. The van der Waals surface area contributed by atoms with Gasteiger partial charge in [-0.2, -0.15) is 0 Å². The lowest BCUT2D eigenvalue weighted by atomic mass is 10.0. The van der Waals surface area contributed by atoms with E-state index in [9.17, 15) is 82.1 Å². The van der Waals surface area contributed by atoms with Gasteiger partial charge in [0.1, 0.15) is 72.2 Å². The number of carboxylic acid groups (broad SMARTS) is 1. The summed E-state index contributed by atoms with van der Waals surface area (Å²) in [7, 11) is 0. The third-order valence-corrected chi connectivity index (χ3v) is 20.6. The quantitative estimate of drug-likeness (QED) is 0.0207. The number of fused-ring (bicyclic) bond motifs is 2. The van der Waals surface area contributed by atoms with Crippen molar-refractivity contribution in [3.8, 4) is 5.75 Å². The van der Waals surface area contributed by atoms with Crippen LogP contribution in [0.25, 0.3) is 21.8 Å². The summed E-state index contributed by atoms with van der Waals surface area (Å²) in [5.74, 6) is -13.0. The molecule has 3 aromatic carbocycles. The zero-order valence-corrected chi connectivity index (χ0v) is 66.2. The van der Waals surface area contributed by atoms with Crippen LogP contribution >= 0.6 is 0 Å². The highest BCUT2D eigenvalue weighted by molar-refractivity contribution is 6.00. The lowest BCUT2D eigenvalue weighted by molar-refractivity contribution is -0.144. The number of likely N-dealkylation sites (tertiary alicyclic amines) is 2. The Bertz CT molecular complexity index is 4470. The molecule has 2 aliphatic rings. The molecule has 5 heterocycles.